The van der Waals surface area contributed by atoms with Gasteiger partial charge in [0.15, 0.2) is 0 Å². The largest absolute Gasteiger partial charge is 0.489 e. The van der Waals surface area contributed by atoms with E-state index in [-0.39, 0.29) is 12.2 Å². The summed E-state index contributed by atoms with van der Waals surface area (Å²) in [5, 5.41) is 26.7. The molecule has 2 rings (SSSR count). The van der Waals surface area contributed by atoms with E-state index < -0.39 is 12.9 Å². The zero-order chi connectivity index (χ0) is 14.5. The molecule has 20 heavy (non-hydrogen) atoms. The van der Waals surface area contributed by atoms with Crippen LogP contribution in [-0.2, 0) is 6.61 Å². The van der Waals surface area contributed by atoms with Crippen molar-refractivity contribution in [3.05, 3.63) is 59.4 Å². The molecule has 0 saturated heterocycles. The van der Waals surface area contributed by atoms with Crippen LogP contribution in [0.4, 0.5) is 4.39 Å². The topological polar surface area (TPSA) is 73.5 Å². The van der Waals surface area contributed by atoms with Gasteiger partial charge in [-0.05, 0) is 29.7 Å². The summed E-state index contributed by atoms with van der Waals surface area (Å²) in [4.78, 5) is 0. The molecule has 0 aliphatic carbocycles. The van der Waals surface area contributed by atoms with E-state index in [1.54, 1.807) is 18.2 Å². The lowest BCUT2D eigenvalue weighted by atomic mass is 9.80. The van der Waals surface area contributed by atoms with Gasteiger partial charge in [-0.2, -0.15) is 5.26 Å². The zero-order valence-electron chi connectivity index (χ0n) is 10.5. The van der Waals surface area contributed by atoms with Crippen LogP contribution in [0.15, 0.2) is 42.5 Å². The van der Waals surface area contributed by atoms with Gasteiger partial charge in [0.25, 0.3) is 0 Å². The van der Waals surface area contributed by atoms with Crippen molar-refractivity contribution in [2.45, 2.75) is 6.61 Å². The van der Waals surface area contributed by atoms with E-state index in [0.29, 0.717) is 16.8 Å². The van der Waals surface area contributed by atoms with Crippen molar-refractivity contribution in [2.24, 2.45) is 0 Å². The van der Waals surface area contributed by atoms with Gasteiger partial charge in [0.05, 0.1) is 11.6 Å². The fourth-order valence-electron chi connectivity index (χ4n) is 1.66. The Hall–Kier alpha value is -2.36. The molecule has 0 aliphatic rings. The molecule has 0 saturated carbocycles. The van der Waals surface area contributed by atoms with Crippen molar-refractivity contribution in [1.29, 1.82) is 5.26 Å². The first-order valence-corrected chi connectivity index (χ1v) is 5.87. The monoisotopic (exact) mass is 271 g/mol. The van der Waals surface area contributed by atoms with Gasteiger partial charge in [-0.3, -0.25) is 0 Å². The summed E-state index contributed by atoms with van der Waals surface area (Å²) in [6, 6.07) is 12.2. The maximum absolute atomic E-state index is 13.6. The second kappa shape index (κ2) is 6.19. The zero-order valence-corrected chi connectivity index (χ0v) is 10.5. The van der Waals surface area contributed by atoms with Crippen molar-refractivity contribution in [1.82, 2.24) is 0 Å². The van der Waals surface area contributed by atoms with Crippen LogP contribution >= 0.6 is 0 Å². The van der Waals surface area contributed by atoms with E-state index in [2.05, 4.69) is 0 Å². The number of rotatable bonds is 4. The minimum atomic E-state index is -1.58. The molecular weight excluding hydrogens is 260 g/mol. The Labute approximate surface area is 115 Å². The average molecular weight is 271 g/mol. The molecule has 6 heteroatoms. The molecule has 0 aromatic heterocycles. The number of ether oxygens (including phenoxy) is 1. The molecule has 0 atom stereocenters. The van der Waals surface area contributed by atoms with Crippen LogP contribution in [0.1, 0.15) is 11.1 Å². The Bertz CT molecular complexity index is 655. The van der Waals surface area contributed by atoms with Gasteiger partial charge < -0.3 is 14.8 Å². The van der Waals surface area contributed by atoms with Crippen LogP contribution in [0.3, 0.4) is 0 Å². The maximum atomic E-state index is 13.6. The Morgan fingerprint density at radius 3 is 2.65 bits per heavy atom. The summed E-state index contributed by atoms with van der Waals surface area (Å²) in [5.41, 5.74) is 0.860. The van der Waals surface area contributed by atoms with Gasteiger partial charge in [0, 0.05) is 5.56 Å². The fraction of sp³-hybridized carbons (Fsp3) is 0.0714. The molecule has 0 amide bonds. The molecule has 0 radical (unpaired) electrons. The third-order valence-electron chi connectivity index (χ3n) is 2.73. The summed E-state index contributed by atoms with van der Waals surface area (Å²) in [5.74, 6) is -0.109. The molecule has 2 N–H and O–H groups in total. The van der Waals surface area contributed by atoms with Crippen LogP contribution < -0.4 is 10.2 Å². The Morgan fingerprint density at radius 1 is 1.20 bits per heavy atom. The molecule has 0 unspecified atom stereocenters. The van der Waals surface area contributed by atoms with Gasteiger partial charge in [0.2, 0.25) is 0 Å². The summed E-state index contributed by atoms with van der Waals surface area (Å²) in [6.07, 6.45) is 0. The van der Waals surface area contributed by atoms with Crippen molar-refractivity contribution >= 4 is 12.6 Å². The van der Waals surface area contributed by atoms with Crippen molar-refractivity contribution in [3.8, 4) is 11.8 Å². The van der Waals surface area contributed by atoms with Crippen molar-refractivity contribution < 1.29 is 19.2 Å². The molecule has 0 bridgehead atoms. The van der Waals surface area contributed by atoms with Crippen LogP contribution in [0.25, 0.3) is 0 Å². The lowest BCUT2D eigenvalue weighted by Crippen LogP contribution is -2.29. The number of nitriles is 1. The van der Waals surface area contributed by atoms with Crippen molar-refractivity contribution in [2.75, 3.05) is 0 Å². The lowest BCUT2D eigenvalue weighted by molar-refractivity contribution is 0.300. The Morgan fingerprint density at radius 2 is 2.00 bits per heavy atom. The maximum Gasteiger partial charge on any atom is 0.488 e. The van der Waals surface area contributed by atoms with Gasteiger partial charge >= 0.3 is 7.12 Å². The number of nitrogens with zero attached hydrogens (tertiary/aromatic N) is 1. The highest BCUT2D eigenvalue weighted by Gasteiger charge is 2.11. The average Bonchev–Trinajstić information content (AvgIpc) is 2.46. The molecular formula is C14H11BFNO3. The predicted molar refractivity (Wildman–Crippen MR) is 71.7 cm³/mol. The second-order valence-corrected chi connectivity index (χ2v) is 4.15. The van der Waals surface area contributed by atoms with Crippen LogP contribution in [-0.4, -0.2) is 17.2 Å². The lowest BCUT2D eigenvalue weighted by Gasteiger charge is -2.08. The molecule has 2 aromatic rings. The van der Waals surface area contributed by atoms with Gasteiger partial charge in [-0.25, -0.2) is 4.39 Å². The van der Waals surface area contributed by atoms with E-state index >= 15 is 0 Å². The number of benzene rings is 2. The molecule has 0 spiro atoms. The normalized spacial score (nSPS) is 9.90. The molecule has 0 fully saturated rings. The highest BCUT2D eigenvalue weighted by molar-refractivity contribution is 6.58. The molecule has 4 nitrogen and oxygen atoms in total. The quantitative estimate of drug-likeness (QED) is 0.812. The smallest absolute Gasteiger partial charge is 0.488 e. The SMILES string of the molecule is N#Cc1ccc(COc2cccc(B(O)O)c2)c(F)c1. The molecule has 0 heterocycles. The summed E-state index contributed by atoms with van der Waals surface area (Å²) >= 11 is 0. The van der Waals surface area contributed by atoms with Gasteiger partial charge in [-0.1, -0.05) is 18.2 Å². The van der Waals surface area contributed by atoms with Crippen LogP contribution in [0.5, 0.6) is 5.75 Å². The summed E-state index contributed by atoms with van der Waals surface area (Å²) in [7, 11) is -1.58. The van der Waals surface area contributed by atoms with E-state index in [0.717, 1.165) is 6.07 Å². The second-order valence-electron chi connectivity index (χ2n) is 4.15. The van der Waals surface area contributed by atoms with E-state index in [9.17, 15) is 4.39 Å². The summed E-state index contributed by atoms with van der Waals surface area (Å²) in [6.45, 7) is -0.0114. The fourth-order valence-corrected chi connectivity index (χ4v) is 1.66. The third kappa shape index (κ3) is 3.35. The third-order valence-corrected chi connectivity index (χ3v) is 2.73. The molecule has 2 aromatic carbocycles. The predicted octanol–water partition coefficient (Wildman–Crippen LogP) is 0.956. The van der Waals surface area contributed by atoms with Crippen molar-refractivity contribution in [3.63, 3.8) is 0 Å². The Kier molecular flexibility index (Phi) is 4.36. The minimum absolute atomic E-state index is 0.0114. The van der Waals surface area contributed by atoms with E-state index in [4.69, 9.17) is 20.0 Å². The first-order valence-electron chi connectivity index (χ1n) is 5.87. The minimum Gasteiger partial charge on any atom is -0.489 e. The first-order chi connectivity index (χ1) is 9.60. The standard InChI is InChI=1S/C14H11BFNO3/c16-14-6-10(8-17)4-5-11(14)9-20-13-3-1-2-12(7-13)15(18)19/h1-7,18-19H,9H2. The van der Waals surface area contributed by atoms with E-state index in [1.165, 1.54) is 18.2 Å². The highest BCUT2D eigenvalue weighted by Crippen LogP contribution is 2.14. The van der Waals surface area contributed by atoms with E-state index in [1.807, 2.05) is 6.07 Å². The molecule has 0 aliphatic heterocycles. The highest BCUT2D eigenvalue weighted by atomic mass is 19.1. The first kappa shape index (κ1) is 14.1. The molecule has 100 valence electrons. The Balaban J connectivity index is 2.09. The summed E-state index contributed by atoms with van der Waals surface area (Å²) < 4.78 is 19.0. The van der Waals surface area contributed by atoms with Gasteiger partial charge in [-0.15, -0.1) is 0 Å². The number of hydrogen-bond donors (Lipinski definition) is 2. The number of hydrogen-bond acceptors (Lipinski definition) is 4. The van der Waals surface area contributed by atoms with Gasteiger partial charge in [0.1, 0.15) is 18.2 Å². The number of halogens is 1. The van der Waals surface area contributed by atoms with Crippen LogP contribution in [0.2, 0.25) is 0 Å². The van der Waals surface area contributed by atoms with Crippen LogP contribution in [0, 0.1) is 17.1 Å².